The van der Waals surface area contributed by atoms with Crippen molar-refractivity contribution in [1.82, 2.24) is 15.5 Å². The predicted molar refractivity (Wildman–Crippen MR) is 85.8 cm³/mol. The second-order valence-electron chi connectivity index (χ2n) is 6.32. The minimum atomic E-state index is -1.11. The average molecular weight is 342 g/mol. The molecule has 1 rings (SSSR count). The summed E-state index contributed by atoms with van der Waals surface area (Å²) in [5, 5.41) is 14.1. The highest BCUT2D eigenvalue weighted by Crippen LogP contribution is 2.18. The lowest BCUT2D eigenvalue weighted by atomic mass is 10.0. The Balaban J connectivity index is 2.67. The van der Waals surface area contributed by atoms with Gasteiger partial charge in [0.1, 0.15) is 12.1 Å². The predicted octanol–water partition coefficient (Wildman–Crippen LogP) is -1.33. The molecule has 0 radical (unpaired) electrons. The zero-order valence-corrected chi connectivity index (χ0v) is 14.2. The van der Waals surface area contributed by atoms with Crippen molar-refractivity contribution in [1.29, 1.82) is 0 Å². The van der Waals surface area contributed by atoms with Crippen molar-refractivity contribution in [3.8, 4) is 0 Å². The lowest BCUT2D eigenvalue weighted by molar-refractivity contribution is -0.145. The van der Waals surface area contributed by atoms with E-state index in [4.69, 9.17) is 10.8 Å². The first-order valence-corrected chi connectivity index (χ1v) is 8.01. The summed E-state index contributed by atoms with van der Waals surface area (Å²) in [6.45, 7) is 5.05. The highest BCUT2D eigenvalue weighted by Gasteiger charge is 2.36. The Morgan fingerprint density at radius 3 is 2.38 bits per heavy atom. The van der Waals surface area contributed by atoms with E-state index in [9.17, 15) is 19.2 Å². The Morgan fingerprint density at radius 1 is 1.25 bits per heavy atom. The van der Waals surface area contributed by atoms with Crippen molar-refractivity contribution in [2.24, 2.45) is 11.7 Å². The van der Waals surface area contributed by atoms with Gasteiger partial charge in [0.05, 0.1) is 12.6 Å². The molecule has 24 heavy (non-hydrogen) atoms. The highest BCUT2D eigenvalue weighted by atomic mass is 16.4. The van der Waals surface area contributed by atoms with E-state index in [1.807, 2.05) is 0 Å². The highest BCUT2D eigenvalue weighted by molar-refractivity contribution is 5.92. The molecule has 1 saturated heterocycles. The molecule has 0 aromatic heterocycles. The number of carboxylic acid groups (broad SMARTS) is 1. The zero-order chi connectivity index (χ0) is 18.4. The van der Waals surface area contributed by atoms with Gasteiger partial charge in [0.25, 0.3) is 0 Å². The molecular weight excluding hydrogens is 316 g/mol. The van der Waals surface area contributed by atoms with E-state index in [2.05, 4.69) is 10.6 Å². The van der Waals surface area contributed by atoms with E-state index in [1.165, 1.54) is 11.8 Å². The molecule has 3 atom stereocenters. The van der Waals surface area contributed by atoms with Crippen LogP contribution in [0, 0.1) is 5.92 Å². The lowest BCUT2D eigenvalue weighted by Crippen LogP contribution is -2.54. The Morgan fingerprint density at radius 2 is 1.88 bits per heavy atom. The topological polar surface area (TPSA) is 142 Å². The second kappa shape index (κ2) is 8.62. The molecule has 0 saturated carbocycles. The summed E-state index contributed by atoms with van der Waals surface area (Å²) in [5.74, 6) is -2.71. The number of carbonyl (C=O) groups is 4. The number of nitrogens with zero attached hydrogens (tertiary/aromatic N) is 1. The summed E-state index contributed by atoms with van der Waals surface area (Å²) in [7, 11) is 0. The largest absolute Gasteiger partial charge is 0.480 e. The standard InChI is InChI=1S/C15H26N4O5/c1-8(2)12(15(23)24)18-14(22)10-5-4-6-19(10)11(20)7-17-13(21)9(3)16/h8-10,12H,4-7,16H2,1-3H3,(H,17,21)(H,18,22)(H,23,24)/t9-,10-,12-/m0/s1. The summed E-state index contributed by atoms with van der Waals surface area (Å²) < 4.78 is 0. The van der Waals surface area contributed by atoms with Crippen LogP contribution in [-0.4, -0.2) is 64.9 Å². The third-order valence-electron chi connectivity index (χ3n) is 3.93. The summed E-state index contributed by atoms with van der Waals surface area (Å²) in [6, 6.07) is -2.45. The van der Waals surface area contributed by atoms with Crippen molar-refractivity contribution >= 4 is 23.7 Å². The fourth-order valence-corrected chi connectivity index (χ4v) is 2.53. The van der Waals surface area contributed by atoms with Crippen molar-refractivity contribution in [3.63, 3.8) is 0 Å². The Bertz CT molecular complexity index is 506. The van der Waals surface area contributed by atoms with E-state index in [1.54, 1.807) is 13.8 Å². The van der Waals surface area contributed by atoms with Gasteiger partial charge in [-0.15, -0.1) is 0 Å². The number of carboxylic acids is 1. The van der Waals surface area contributed by atoms with Gasteiger partial charge < -0.3 is 26.4 Å². The van der Waals surface area contributed by atoms with Gasteiger partial charge in [0.2, 0.25) is 17.7 Å². The van der Waals surface area contributed by atoms with E-state index in [0.29, 0.717) is 19.4 Å². The van der Waals surface area contributed by atoms with Gasteiger partial charge in [-0.2, -0.15) is 0 Å². The molecule has 9 nitrogen and oxygen atoms in total. The first kappa shape index (κ1) is 19.9. The number of hydrogen-bond acceptors (Lipinski definition) is 5. The molecule has 0 spiro atoms. The maximum atomic E-state index is 12.4. The third kappa shape index (κ3) is 5.19. The number of hydrogen-bond donors (Lipinski definition) is 4. The van der Waals surface area contributed by atoms with Crippen LogP contribution in [0.1, 0.15) is 33.6 Å². The molecule has 0 aliphatic carbocycles. The molecule has 5 N–H and O–H groups in total. The fourth-order valence-electron chi connectivity index (χ4n) is 2.53. The van der Waals surface area contributed by atoms with Crippen molar-refractivity contribution in [2.45, 2.75) is 51.7 Å². The quantitative estimate of drug-likeness (QED) is 0.451. The molecule has 1 fully saturated rings. The maximum Gasteiger partial charge on any atom is 0.326 e. The minimum absolute atomic E-state index is 0.239. The first-order valence-electron chi connectivity index (χ1n) is 8.01. The summed E-state index contributed by atoms with van der Waals surface area (Å²) in [4.78, 5) is 48.6. The number of carbonyl (C=O) groups excluding carboxylic acids is 3. The summed E-state index contributed by atoms with van der Waals surface area (Å²) >= 11 is 0. The van der Waals surface area contributed by atoms with E-state index in [0.717, 1.165) is 0 Å². The van der Waals surface area contributed by atoms with Gasteiger partial charge in [-0.05, 0) is 25.7 Å². The van der Waals surface area contributed by atoms with Gasteiger partial charge >= 0.3 is 5.97 Å². The Labute approximate surface area is 140 Å². The average Bonchev–Trinajstić information content (AvgIpc) is 2.98. The van der Waals surface area contributed by atoms with Crippen LogP contribution >= 0.6 is 0 Å². The van der Waals surface area contributed by atoms with Crippen molar-refractivity contribution in [3.05, 3.63) is 0 Å². The van der Waals surface area contributed by atoms with Crippen LogP contribution in [0.15, 0.2) is 0 Å². The normalized spacial score (nSPS) is 19.7. The molecule has 0 unspecified atom stereocenters. The van der Waals surface area contributed by atoms with Crippen molar-refractivity contribution < 1.29 is 24.3 Å². The first-order chi connectivity index (χ1) is 11.1. The lowest BCUT2D eigenvalue weighted by Gasteiger charge is -2.26. The van der Waals surface area contributed by atoms with Crippen LogP contribution < -0.4 is 16.4 Å². The number of amides is 3. The monoisotopic (exact) mass is 342 g/mol. The zero-order valence-electron chi connectivity index (χ0n) is 14.2. The van der Waals surface area contributed by atoms with Crippen LogP contribution in [0.4, 0.5) is 0 Å². The van der Waals surface area contributed by atoms with Crippen LogP contribution in [0.2, 0.25) is 0 Å². The summed E-state index contributed by atoms with van der Waals surface area (Å²) in [5.41, 5.74) is 5.41. The smallest absolute Gasteiger partial charge is 0.326 e. The molecule has 1 heterocycles. The van der Waals surface area contributed by atoms with E-state index in [-0.39, 0.29) is 12.5 Å². The molecule has 136 valence electrons. The number of aliphatic carboxylic acids is 1. The van der Waals surface area contributed by atoms with E-state index < -0.39 is 41.8 Å². The molecule has 1 aliphatic rings. The Hall–Kier alpha value is -2.16. The molecule has 9 heteroatoms. The van der Waals surface area contributed by atoms with E-state index >= 15 is 0 Å². The van der Waals surface area contributed by atoms with Gasteiger partial charge in [-0.25, -0.2) is 4.79 Å². The molecule has 1 aliphatic heterocycles. The minimum Gasteiger partial charge on any atom is -0.480 e. The van der Waals surface area contributed by atoms with Crippen molar-refractivity contribution in [2.75, 3.05) is 13.1 Å². The molecule has 0 aromatic rings. The number of likely N-dealkylation sites (tertiary alicyclic amines) is 1. The van der Waals surface area contributed by atoms with Gasteiger partial charge in [-0.1, -0.05) is 13.8 Å². The Kier molecular flexibility index (Phi) is 7.15. The SMILES string of the molecule is CC(C)[C@H](NC(=O)[C@@H]1CCCN1C(=O)CNC(=O)[C@H](C)N)C(=O)O. The number of nitrogens with one attached hydrogen (secondary N) is 2. The van der Waals surface area contributed by atoms with Crippen LogP contribution in [0.3, 0.4) is 0 Å². The molecule has 0 aromatic carbocycles. The number of nitrogens with two attached hydrogens (primary N) is 1. The van der Waals surface area contributed by atoms with Gasteiger partial charge in [0, 0.05) is 6.54 Å². The molecule has 3 amide bonds. The number of rotatable bonds is 7. The maximum absolute atomic E-state index is 12.4. The van der Waals surface area contributed by atoms with Crippen LogP contribution in [0.5, 0.6) is 0 Å². The molecule has 0 bridgehead atoms. The summed E-state index contributed by atoms with van der Waals surface area (Å²) in [6.07, 6.45) is 1.10. The molecular formula is C15H26N4O5. The third-order valence-corrected chi connectivity index (χ3v) is 3.93. The second-order valence-corrected chi connectivity index (χ2v) is 6.32. The fraction of sp³-hybridized carbons (Fsp3) is 0.733. The van der Waals surface area contributed by atoms with Gasteiger partial charge in [-0.3, -0.25) is 14.4 Å². The van der Waals surface area contributed by atoms with Gasteiger partial charge in [0.15, 0.2) is 0 Å². The van der Waals surface area contributed by atoms with Crippen LogP contribution in [0.25, 0.3) is 0 Å². The van der Waals surface area contributed by atoms with Crippen LogP contribution in [-0.2, 0) is 19.2 Å².